The lowest BCUT2D eigenvalue weighted by atomic mass is 10.0. The highest BCUT2D eigenvalue weighted by atomic mass is 16.8. The SMILES string of the molecule is CCCCCCCCCCCCC(COCOCOCC(CCCCCCCCCCCC)(OCC)OCC)(OCC)OCC. The average Bonchev–Trinajstić information content (AvgIpc) is 3.03. The lowest BCUT2D eigenvalue weighted by molar-refractivity contribution is -0.285. The van der Waals surface area contributed by atoms with E-state index in [4.69, 9.17) is 33.2 Å². The molecule has 0 aliphatic carbocycles. The van der Waals surface area contributed by atoms with Gasteiger partial charge in [0.2, 0.25) is 0 Å². The molecule has 0 radical (unpaired) electrons. The van der Waals surface area contributed by atoms with E-state index in [0.29, 0.717) is 39.6 Å². The minimum Gasteiger partial charge on any atom is -0.350 e. The second kappa shape index (κ2) is 33.6. The fourth-order valence-corrected chi connectivity index (χ4v) is 6.04. The third kappa shape index (κ3) is 26.4. The van der Waals surface area contributed by atoms with Gasteiger partial charge in [-0.15, -0.1) is 0 Å². The van der Waals surface area contributed by atoms with Gasteiger partial charge in [-0.25, -0.2) is 0 Å². The predicted molar refractivity (Wildman–Crippen MR) is 188 cm³/mol. The van der Waals surface area contributed by atoms with Crippen molar-refractivity contribution in [1.82, 2.24) is 0 Å². The number of ether oxygens (including phenoxy) is 7. The van der Waals surface area contributed by atoms with Crippen LogP contribution in [0.4, 0.5) is 0 Å². The molecule has 0 aliphatic heterocycles. The molecule has 0 N–H and O–H groups in total. The zero-order valence-corrected chi connectivity index (χ0v) is 31.1. The average molecular weight is 647 g/mol. The standard InChI is InChI=1S/C38H78O7/c1-7-13-15-17-19-21-23-25-27-29-31-37(42-9-3,43-10-4)33-39-35-41-36-40-34-38(44-11-5,45-12-6)32-30-28-26-24-22-20-18-16-14-8-2/h7-36H2,1-6H3. The van der Waals surface area contributed by atoms with E-state index in [0.717, 1.165) is 25.7 Å². The summed E-state index contributed by atoms with van der Waals surface area (Å²) in [5, 5.41) is 0. The molecule has 0 fully saturated rings. The molecule has 0 aromatic carbocycles. The van der Waals surface area contributed by atoms with Crippen LogP contribution in [0.3, 0.4) is 0 Å². The first-order chi connectivity index (χ1) is 22.1. The summed E-state index contributed by atoms with van der Waals surface area (Å²) in [4.78, 5) is 0. The highest BCUT2D eigenvalue weighted by Gasteiger charge is 2.32. The first-order valence-corrected chi connectivity index (χ1v) is 19.4. The van der Waals surface area contributed by atoms with E-state index in [1.807, 2.05) is 27.7 Å². The van der Waals surface area contributed by atoms with Gasteiger partial charge in [0.25, 0.3) is 0 Å². The summed E-state index contributed by atoms with van der Waals surface area (Å²) in [6.07, 6.45) is 27.7. The van der Waals surface area contributed by atoms with Crippen LogP contribution >= 0.6 is 0 Å². The molecule has 0 bridgehead atoms. The van der Waals surface area contributed by atoms with Crippen molar-refractivity contribution in [1.29, 1.82) is 0 Å². The fraction of sp³-hybridized carbons (Fsp3) is 1.00. The molecule has 272 valence electrons. The van der Waals surface area contributed by atoms with Crippen molar-refractivity contribution < 1.29 is 33.2 Å². The lowest BCUT2D eigenvalue weighted by Crippen LogP contribution is -2.42. The van der Waals surface area contributed by atoms with Crippen molar-refractivity contribution in [2.45, 2.75) is 194 Å². The summed E-state index contributed by atoms with van der Waals surface area (Å²) >= 11 is 0. The van der Waals surface area contributed by atoms with Crippen LogP contribution in [0.2, 0.25) is 0 Å². The highest BCUT2D eigenvalue weighted by molar-refractivity contribution is 4.71. The van der Waals surface area contributed by atoms with E-state index in [1.165, 1.54) is 116 Å². The Hall–Kier alpha value is -0.280. The van der Waals surface area contributed by atoms with Crippen molar-refractivity contribution in [3.63, 3.8) is 0 Å². The molecule has 0 saturated heterocycles. The Morgan fingerprint density at radius 3 is 0.844 bits per heavy atom. The van der Waals surface area contributed by atoms with E-state index >= 15 is 0 Å². The number of unbranched alkanes of at least 4 members (excludes halogenated alkanes) is 18. The quantitative estimate of drug-likeness (QED) is 0.0488. The van der Waals surface area contributed by atoms with Gasteiger partial charge < -0.3 is 33.2 Å². The van der Waals surface area contributed by atoms with Crippen LogP contribution in [-0.4, -0.2) is 64.8 Å². The van der Waals surface area contributed by atoms with Crippen molar-refractivity contribution in [3.05, 3.63) is 0 Å². The van der Waals surface area contributed by atoms with E-state index in [-0.39, 0.29) is 13.6 Å². The molecule has 0 heterocycles. The molecular formula is C38H78O7. The van der Waals surface area contributed by atoms with Crippen molar-refractivity contribution >= 4 is 0 Å². The Kier molecular flexibility index (Phi) is 33.4. The van der Waals surface area contributed by atoms with Gasteiger partial charge in [0.1, 0.15) is 26.8 Å². The summed E-state index contributed by atoms with van der Waals surface area (Å²) in [6, 6.07) is 0. The van der Waals surface area contributed by atoms with E-state index in [9.17, 15) is 0 Å². The van der Waals surface area contributed by atoms with E-state index < -0.39 is 11.6 Å². The van der Waals surface area contributed by atoms with Crippen LogP contribution in [-0.2, 0) is 33.2 Å². The fourth-order valence-electron chi connectivity index (χ4n) is 6.04. The maximum atomic E-state index is 6.10. The van der Waals surface area contributed by atoms with Gasteiger partial charge in [0.15, 0.2) is 11.6 Å². The Morgan fingerprint density at radius 1 is 0.311 bits per heavy atom. The minimum absolute atomic E-state index is 0.120. The summed E-state index contributed by atoms with van der Waals surface area (Å²) < 4.78 is 41.9. The number of hydrogen-bond donors (Lipinski definition) is 0. The monoisotopic (exact) mass is 647 g/mol. The van der Waals surface area contributed by atoms with Crippen molar-refractivity contribution in [3.8, 4) is 0 Å². The third-order valence-electron chi connectivity index (χ3n) is 8.43. The summed E-state index contributed by atoms with van der Waals surface area (Å²) in [5.41, 5.74) is 0. The third-order valence-corrected chi connectivity index (χ3v) is 8.43. The molecule has 0 aliphatic rings. The largest absolute Gasteiger partial charge is 0.350 e. The summed E-state index contributed by atoms with van der Waals surface area (Å²) in [6.45, 7) is 15.8. The minimum atomic E-state index is -0.720. The van der Waals surface area contributed by atoms with Crippen LogP contribution in [0, 0.1) is 0 Å². The van der Waals surface area contributed by atoms with E-state index in [2.05, 4.69) is 13.8 Å². The van der Waals surface area contributed by atoms with Gasteiger partial charge in [-0.2, -0.15) is 0 Å². The Morgan fingerprint density at radius 2 is 0.578 bits per heavy atom. The lowest BCUT2D eigenvalue weighted by Gasteiger charge is -2.33. The van der Waals surface area contributed by atoms with Gasteiger partial charge in [-0.05, 0) is 40.5 Å². The molecule has 0 unspecified atom stereocenters. The van der Waals surface area contributed by atoms with Gasteiger partial charge in [-0.1, -0.05) is 129 Å². The Bertz CT molecular complexity index is 514. The molecule has 0 saturated carbocycles. The van der Waals surface area contributed by atoms with Crippen molar-refractivity contribution in [2.75, 3.05) is 53.2 Å². The molecule has 0 rings (SSSR count). The number of rotatable bonds is 38. The zero-order valence-electron chi connectivity index (χ0n) is 31.1. The molecule has 0 atom stereocenters. The van der Waals surface area contributed by atoms with E-state index in [1.54, 1.807) is 0 Å². The van der Waals surface area contributed by atoms with Gasteiger partial charge >= 0.3 is 0 Å². The summed E-state index contributed by atoms with van der Waals surface area (Å²) in [5.74, 6) is -1.44. The molecule has 7 heteroatoms. The molecule has 45 heavy (non-hydrogen) atoms. The number of hydrogen-bond acceptors (Lipinski definition) is 7. The first kappa shape index (κ1) is 44.7. The van der Waals surface area contributed by atoms with Gasteiger partial charge in [0.05, 0.1) is 0 Å². The normalized spacial score (nSPS) is 12.4. The molecule has 0 aromatic rings. The van der Waals surface area contributed by atoms with Crippen LogP contribution in [0.25, 0.3) is 0 Å². The van der Waals surface area contributed by atoms with Crippen LogP contribution < -0.4 is 0 Å². The highest BCUT2D eigenvalue weighted by Crippen LogP contribution is 2.25. The van der Waals surface area contributed by atoms with Crippen molar-refractivity contribution in [2.24, 2.45) is 0 Å². The molecular weight excluding hydrogens is 568 g/mol. The van der Waals surface area contributed by atoms with Gasteiger partial charge in [0, 0.05) is 39.3 Å². The van der Waals surface area contributed by atoms with Gasteiger partial charge in [-0.3, -0.25) is 0 Å². The second-order valence-electron chi connectivity index (χ2n) is 12.6. The van der Waals surface area contributed by atoms with Crippen LogP contribution in [0.15, 0.2) is 0 Å². The zero-order chi connectivity index (χ0) is 33.2. The first-order valence-electron chi connectivity index (χ1n) is 19.4. The second-order valence-corrected chi connectivity index (χ2v) is 12.6. The molecule has 7 nitrogen and oxygen atoms in total. The predicted octanol–water partition coefficient (Wildman–Crippen LogP) is 11.1. The Balaban J connectivity index is 4.36. The molecule has 0 amide bonds. The maximum Gasteiger partial charge on any atom is 0.191 e. The summed E-state index contributed by atoms with van der Waals surface area (Å²) in [7, 11) is 0. The topological polar surface area (TPSA) is 64.6 Å². The van der Waals surface area contributed by atoms with Crippen LogP contribution in [0.5, 0.6) is 0 Å². The maximum absolute atomic E-state index is 6.10. The molecule has 0 aromatic heterocycles. The smallest absolute Gasteiger partial charge is 0.191 e. The Labute approximate surface area is 280 Å². The van der Waals surface area contributed by atoms with Crippen LogP contribution in [0.1, 0.15) is 183 Å². The molecule has 0 spiro atoms.